The van der Waals surface area contributed by atoms with Crippen LogP contribution in [0.2, 0.25) is 0 Å². The summed E-state index contributed by atoms with van der Waals surface area (Å²) in [5.74, 6) is -4.22. The zero-order valence-electron chi connectivity index (χ0n) is 15.4. The van der Waals surface area contributed by atoms with Crippen LogP contribution in [0.5, 0.6) is 0 Å². The Kier molecular flexibility index (Phi) is 9.74. The average Bonchev–Trinajstić information content (AvgIpc) is 2.55. The molecule has 0 amide bonds. The third-order valence-electron chi connectivity index (χ3n) is 4.02. The summed E-state index contributed by atoms with van der Waals surface area (Å²) in [5, 5.41) is 36.2. The largest absolute Gasteiger partial charge is 0.480 e. The molecule has 0 aromatic carbocycles. The van der Waals surface area contributed by atoms with Gasteiger partial charge in [0.25, 0.3) is 0 Å². The lowest BCUT2D eigenvalue weighted by molar-refractivity contribution is -0.140. The monoisotopic (exact) mass is 402 g/mol. The van der Waals surface area contributed by atoms with Crippen LogP contribution in [-0.4, -0.2) is 129 Å². The predicted octanol–water partition coefficient (Wildman–Crippen LogP) is -1.98. The fraction of sp³-hybridized carbons (Fsp3) is 0.625. The molecule has 0 saturated carbocycles. The third kappa shape index (κ3) is 10.3. The Morgan fingerprint density at radius 1 is 0.536 bits per heavy atom. The van der Waals surface area contributed by atoms with Crippen molar-refractivity contribution in [2.24, 2.45) is 0 Å². The Hall–Kier alpha value is -2.86. The molecule has 1 aliphatic rings. The Labute approximate surface area is 161 Å². The van der Waals surface area contributed by atoms with Crippen molar-refractivity contribution in [1.29, 1.82) is 0 Å². The van der Waals surface area contributed by atoms with Gasteiger partial charge in [-0.2, -0.15) is 0 Å². The zero-order valence-corrected chi connectivity index (χ0v) is 15.4. The van der Waals surface area contributed by atoms with Crippen molar-refractivity contribution in [3.8, 4) is 0 Å². The summed E-state index contributed by atoms with van der Waals surface area (Å²) >= 11 is 0. The van der Waals surface area contributed by atoms with Crippen LogP contribution < -0.4 is 0 Å². The molecule has 0 saturated heterocycles. The molecule has 0 fully saturated rings. The van der Waals surface area contributed by atoms with Crippen LogP contribution in [0.1, 0.15) is 0 Å². The molecule has 0 aliphatic carbocycles. The second kappa shape index (κ2) is 11.8. The zero-order chi connectivity index (χ0) is 21.1. The molecular formula is C16H26N4O8. The second-order valence-electron chi connectivity index (χ2n) is 6.37. The smallest absolute Gasteiger partial charge is 0.323 e. The number of aliphatic carboxylic acids is 4. The molecule has 1 aliphatic heterocycles. The second-order valence-corrected chi connectivity index (χ2v) is 6.37. The van der Waals surface area contributed by atoms with Gasteiger partial charge in [-0.05, 0) is 0 Å². The van der Waals surface area contributed by atoms with Gasteiger partial charge in [0.15, 0.2) is 0 Å². The van der Waals surface area contributed by atoms with Crippen molar-refractivity contribution < 1.29 is 39.6 Å². The van der Waals surface area contributed by atoms with Gasteiger partial charge in [-0.25, -0.2) is 0 Å². The molecule has 158 valence electrons. The number of carboxylic acid groups (broad SMARTS) is 4. The van der Waals surface area contributed by atoms with Gasteiger partial charge < -0.3 is 30.2 Å². The molecule has 1 rings (SSSR count). The van der Waals surface area contributed by atoms with E-state index in [0.717, 1.165) is 0 Å². The molecule has 0 atom stereocenters. The highest BCUT2D eigenvalue weighted by Crippen LogP contribution is 2.02. The van der Waals surface area contributed by atoms with E-state index < -0.39 is 23.9 Å². The van der Waals surface area contributed by atoms with Gasteiger partial charge in [0.2, 0.25) is 0 Å². The number of carbonyl (C=O) groups is 4. The van der Waals surface area contributed by atoms with Crippen LogP contribution >= 0.6 is 0 Å². The maximum atomic E-state index is 11.1. The van der Waals surface area contributed by atoms with Gasteiger partial charge in [-0.1, -0.05) is 0 Å². The maximum absolute atomic E-state index is 11.1. The van der Waals surface area contributed by atoms with Crippen molar-refractivity contribution >= 4 is 23.9 Å². The quantitative estimate of drug-likeness (QED) is 0.354. The molecular weight excluding hydrogens is 376 g/mol. The molecule has 1 heterocycles. The van der Waals surface area contributed by atoms with Gasteiger partial charge in [-0.15, -0.1) is 0 Å². The Bertz CT molecular complexity index is 547. The minimum Gasteiger partial charge on any atom is -0.480 e. The first kappa shape index (κ1) is 23.2. The van der Waals surface area contributed by atoms with E-state index in [1.54, 1.807) is 9.80 Å². The maximum Gasteiger partial charge on any atom is 0.323 e. The van der Waals surface area contributed by atoms with E-state index in [0.29, 0.717) is 0 Å². The summed E-state index contributed by atoms with van der Waals surface area (Å²) in [6.07, 6.45) is 2.91. The van der Waals surface area contributed by atoms with E-state index in [9.17, 15) is 19.2 Å². The summed E-state index contributed by atoms with van der Waals surface area (Å²) in [6.45, 7) is 0.367. The molecule has 0 unspecified atom stereocenters. The van der Waals surface area contributed by atoms with Gasteiger partial charge in [0.05, 0.1) is 13.1 Å². The fourth-order valence-electron chi connectivity index (χ4n) is 2.69. The lowest BCUT2D eigenvalue weighted by atomic mass is 10.3. The first-order chi connectivity index (χ1) is 13.2. The highest BCUT2D eigenvalue weighted by Gasteiger charge is 2.18. The summed E-state index contributed by atoms with van der Waals surface area (Å²) in [5.41, 5.74) is 0. The normalized spacial score (nSPS) is 18.7. The van der Waals surface area contributed by atoms with Gasteiger partial charge in [0, 0.05) is 51.7 Å². The predicted molar refractivity (Wildman–Crippen MR) is 95.7 cm³/mol. The van der Waals surface area contributed by atoms with Crippen molar-refractivity contribution in [1.82, 2.24) is 19.6 Å². The summed E-state index contributed by atoms with van der Waals surface area (Å²) in [6, 6.07) is 0. The van der Waals surface area contributed by atoms with E-state index in [2.05, 4.69) is 0 Å². The third-order valence-corrected chi connectivity index (χ3v) is 4.02. The summed E-state index contributed by atoms with van der Waals surface area (Å²) in [4.78, 5) is 50.4. The van der Waals surface area contributed by atoms with E-state index in [-0.39, 0.29) is 65.4 Å². The number of carboxylic acids is 4. The van der Waals surface area contributed by atoms with Crippen LogP contribution in [-0.2, 0) is 19.2 Å². The van der Waals surface area contributed by atoms with Crippen molar-refractivity contribution in [2.75, 3.05) is 65.4 Å². The molecule has 28 heavy (non-hydrogen) atoms. The van der Waals surface area contributed by atoms with Crippen molar-refractivity contribution in [3.05, 3.63) is 12.4 Å². The lowest BCUT2D eigenvalue weighted by Crippen LogP contribution is -2.45. The van der Waals surface area contributed by atoms with Crippen LogP contribution in [0.25, 0.3) is 0 Å². The SMILES string of the molecule is O=C(O)CN1/C=C\N(CC(=O)O)CCN(CC(=O)O)CCN(CC(=O)O)CC1. The topological polar surface area (TPSA) is 162 Å². The van der Waals surface area contributed by atoms with Crippen LogP contribution in [0, 0.1) is 0 Å². The van der Waals surface area contributed by atoms with Gasteiger partial charge in [-0.3, -0.25) is 29.0 Å². The van der Waals surface area contributed by atoms with Crippen LogP contribution in [0.15, 0.2) is 12.4 Å². The summed E-state index contributed by atoms with van der Waals surface area (Å²) < 4.78 is 0. The average molecular weight is 402 g/mol. The molecule has 12 heteroatoms. The Morgan fingerprint density at radius 3 is 1.11 bits per heavy atom. The van der Waals surface area contributed by atoms with Gasteiger partial charge in [0.1, 0.15) is 13.1 Å². The first-order valence-corrected chi connectivity index (χ1v) is 8.64. The highest BCUT2D eigenvalue weighted by molar-refractivity contribution is 5.70. The Morgan fingerprint density at radius 2 is 0.821 bits per heavy atom. The standard InChI is InChI=1S/C16H26N4O8/c21-13(22)9-17-1-2-18(10-14(23)24)5-6-20(12-16(27)28)8-7-19(4-3-17)11-15(25)26/h1-2H,3-12H2,(H,21,22)(H,23,24)(H,25,26)(H,27,28)/b2-1-. The van der Waals surface area contributed by atoms with Crippen molar-refractivity contribution in [2.45, 2.75) is 0 Å². The molecule has 0 bridgehead atoms. The van der Waals surface area contributed by atoms with E-state index in [1.165, 1.54) is 22.2 Å². The lowest BCUT2D eigenvalue weighted by Gasteiger charge is -2.31. The molecule has 0 aromatic heterocycles. The molecule has 12 nitrogen and oxygen atoms in total. The number of hydrogen-bond acceptors (Lipinski definition) is 8. The van der Waals surface area contributed by atoms with E-state index in [4.69, 9.17) is 20.4 Å². The van der Waals surface area contributed by atoms with Gasteiger partial charge >= 0.3 is 23.9 Å². The number of rotatable bonds is 8. The molecule has 0 spiro atoms. The number of hydrogen-bond donors (Lipinski definition) is 4. The Balaban J connectivity index is 3.00. The van der Waals surface area contributed by atoms with E-state index >= 15 is 0 Å². The van der Waals surface area contributed by atoms with E-state index in [1.807, 2.05) is 0 Å². The van der Waals surface area contributed by atoms with Crippen LogP contribution in [0.3, 0.4) is 0 Å². The molecule has 0 radical (unpaired) electrons. The molecule has 0 aromatic rings. The summed E-state index contributed by atoms with van der Waals surface area (Å²) in [7, 11) is 0. The fourth-order valence-corrected chi connectivity index (χ4v) is 2.69. The molecule has 4 N–H and O–H groups in total. The van der Waals surface area contributed by atoms with Crippen molar-refractivity contribution in [3.63, 3.8) is 0 Å². The van der Waals surface area contributed by atoms with Crippen LogP contribution in [0.4, 0.5) is 0 Å². The number of nitrogens with zero attached hydrogens (tertiary/aromatic N) is 4. The highest BCUT2D eigenvalue weighted by atomic mass is 16.4. The minimum atomic E-state index is -1.07. The first-order valence-electron chi connectivity index (χ1n) is 8.64. The minimum absolute atomic E-state index is 0.218.